The van der Waals surface area contributed by atoms with Crippen LogP contribution >= 0.6 is 11.6 Å². The van der Waals surface area contributed by atoms with Crippen LogP contribution in [0.25, 0.3) is 6.08 Å². The van der Waals surface area contributed by atoms with Crippen LogP contribution in [0.15, 0.2) is 54.6 Å². The molecule has 0 heterocycles. The summed E-state index contributed by atoms with van der Waals surface area (Å²) in [6.45, 7) is 0. The van der Waals surface area contributed by atoms with E-state index in [9.17, 15) is 18.0 Å². The van der Waals surface area contributed by atoms with Gasteiger partial charge in [0.2, 0.25) is 5.91 Å². The summed E-state index contributed by atoms with van der Waals surface area (Å²) in [4.78, 5) is 11.7. The third kappa shape index (κ3) is 4.36. The predicted molar refractivity (Wildman–Crippen MR) is 80.6 cm³/mol. The van der Waals surface area contributed by atoms with Gasteiger partial charge in [-0.25, -0.2) is 0 Å². The molecule has 1 amide bonds. The van der Waals surface area contributed by atoms with Gasteiger partial charge in [-0.15, -0.1) is 0 Å². The summed E-state index contributed by atoms with van der Waals surface area (Å²) in [5, 5.41) is 2.98. The highest BCUT2D eigenvalue weighted by Crippen LogP contribution is 2.29. The van der Waals surface area contributed by atoms with Crippen LogP contribution in [0.2, 0.25) is 5.02 Å². The third-order valence-corrected chi connectivity index (χ3v) is 3.14. The van der Waals surface area contributed by atoms with Gasteiger partial charge in [-0.05, 0) is 42.0 Å². The Morgan fingerprint density at radius 2 is 1.68 bits per heavy atom. The lowest BCUT2D eigenvalue weighted by molar-refractivity contribution is -0.137. The first-order valence-electron chi connectivity index (χ1n) is 6.27. The molecule has 0 aliphatic rings. The molecule has 0 fully saturated rings. The molecule has 0 aliphatic carbocycles. The second-order valence-electron chi connectivity index (χ2n) is 4.42. The summed E-state index contributed by atoms with van der Waals surface area (Å²) in [6, 6.07) is 11.2. The standard InChI is InChI=1S/C16H11ClF3NO/c17-14-4-2-1-3-11(14)5-10-15(22)21-13-8-6-12(7-9-13)16(18,19)20/h1-10H,(H,21,22). The molecule has 22 heavy (non-hydrogen) atoms. The van der Waals surface area contributed by atoms with Crippen LogP contribution in [0.5, 0.6) is 0 Å². The summed E-state index contributed by atoms with van der Waals surface area (Å²) in [6.07, 6.45) is -1.60. The van der Waals surface area contributed by atoms with Crippen molar-refractivity contribution in [2.75, 3.05) is 5.32 Å². The van der Waals surface area contributed by atoms with E-state index in [0.717, 1.165) is 12.1 Å². The fourth-order valence-electron chi connectivity index (χ4n) is 1.70. The van der Waals surface area contributed by atoms with Crippen LogP contribution in [0.3, 0.4) is 0 Å². The first kappa shape index (κ1) is 16.1. The number of alkyl halides is 3. The van der Waals surface area contributed by atoms with Gasteiger partial charge in [0.25, 0.3) is 0 Å². The fourth-order valence-corrected chi connectivity index (χ4v) is 1.90. The Hall–Kier alpha value is -2.27. The molecule has 0 atom stereocenters. The minimum absolute atomic E-state index is 0.279. The van der Waals surface area contributed by atoms with Crippen molar-refractivity contribution in [3.05, 3.63) is 70.8 Å². The number of hydrogen-bond donors (Lipinski definition) is 1. The summed E-state index contributed by atoms with van der Waals surface area (Å²) < 4.78 is 37.3. The summed E-state index contributed by atoms with van der Waals surface area (Å²) in [5.74, 6) is -0.459. The Morgan fingerprint density at radius 3 is 2.27 bits per heavy atom. The molecule has 0 bridgehead atoms. The van der Waals surface area contributed by atoms with Gasteiger partial charge in [0, 0.05) is 16.8 Å². The zero-order chi connectivity index (χ0) is 16.2. The molecular formula is C16H11ClF3NO. The summed E-state index contributed by atoms with van der Waals surface area (Å²) >= 11 is 5.94. The van der Waals surface area contributed by atoms with Gasteiger partial charge in [0.15, 0.2) is 0 Å². The quantitative estimate of drug-likeness (QED) is 0.790. The number of carbonyl (C=O) groups is 1. The molecule has 2 aromatic rings. The fraction of sp³-hybridized carbons (Fsp3) is 0.0625. The maximum atomic E-state index is 12.4. The van der Waals surface area contributed by atoms with Crippen LogP contribution in [-0.2, 0) is 11.0 Å². The Bertz CT molecular complexity index is 693. The minimum Gasteiger partial charge on any atom is -0.323 e. The van der Waals surface area contributed by atoms with Gasteiger partial charge in [-0.1, -0.05) is 29.8 Å². The number of amides is 1. The Balaban J connectivity index is 2.02. The largest absolute Gasteiger partial charge is 0.416 e. The van der Waals surface area contributed by atoms with E-state index in [0.29, 0.717) is 10.6 Å². The van der Waals surface area contributed by atoms with E-state index in [1.165, 1.54) is 24.3 Å². The lowest BCUT2D eigenvalue weighted by atomic mass is 10.2. The normalized spacial score (nSPS) is 11.6. The van der Waals surface area contributed by atoms with Crippen molar-refractivity contribution >= 4 is 29.3 Å². The smallest absolute Gasteiger partial charge is 0.323 e. The van der Waals surface area contributed by atoms with Crippen LogP contribution in [0.1, 0.15) is 11.1 Å². The molecular weight excluding hydrogens is 315 g/mol. The van der Waals surface area contributed by atoms with Crippen molar-refractivity contribution in [2.24, 2.45) is 0 Å². The van der Waals surface area contributed by atoms with Crippen molar-refractivity contribution in [1.82, 2.24) is 0 Å². The highest BCUT2D eigenvalue weighted by atomic mass is 35.5. The molecule has 2 rings (SSSR count). The van der Waals surface area contributed by atoms with Crippen molar-refractivity contribution in [1.29, 1.82) is 0 Å². The lowest BCUT2D eigenvalue weighted by Crippen LogP contribution is -2.09. The van der Waals surface area contributed by atoms with E-state index < -0.39 is 17.6 Å². The highest BCUT2D eigenvalue weighted by molar-refractivity contribution is 6.32. The first-order chi connectivity index (χ1) is 10.4. The second-order valence-corrected chi connectivity index (χ2v) is 4.83. The number of hydrogen-bond acceptors (Lipinski definition) is 1. The number of benzene rings is 2. The average molecular weight is 326 g/mol. The molecule has 2 aromatic carbocycles. The predicted octanol–water partition coefficient (Wildman–Crippen LogP) is 5.01. The van der Waals surface area contributed by atoms with Crippen molar-refractivity contribution in [3.63, 3.8) is 0 Å². The number of anilines is 1. The Labute approximate surface area is 130 Å². The van der Waals surface area contributed by atoms with E-state index in [-0.39, 0.29) is 5.69 Å². The lowest BCUT2D eigenvalue weighted by Gasteiger charge is -2.07. The number of rotatable bonds is 3. The van der Waals surface area contributed by atoms with E-state index in [1.54, 1.807) is 24.3 Å². The Kier molecular flexibility index (Phi) is 4.88. The van der Waals surface area contributed by atoms with E-state index in [4.69, 9.17) is 11.6 Å². The second kappa shape index (κ2) is 6.66. The maximum Gasteiger partial charge on any atom is 0.416 e. The number of nitrogens with one attached hydrogen (secondary N) is 1. The van der Waals surface area contributed by atoms with E-state index >= 15 is 0 Å². The molecule has 2 nitrogen and oxygen atoms in total. The highest BCUT2D eigenvalue weighted by Gasteiger charge is 2.29. The van der Waals surface area contributed by atoms with E-state index in [1.807, 2.05) is 0 Å². The molecule has 6 heteroatoms. The summed E-state index contributed by atoms with van der Waals surface area (Å²) in [5.41, 5.74) is 0.186. The van der Waals surface area contributed by atoms with Crippen LogP contribution < -0.4 is 5.32 Å². The van der Waals surface area contributed by atoms with Gasteiger partial charge in [-0.3, -0.25) is 4.79 Å². The van der Waals surface area contributed by atoms with Gasteiger partial charge >= 0.3 is 6.18 Å². The third-order valence-electron chi connectivity index (χ3n) is 2.80. The van der Waals surface area contributed by atoms with Crippen LogP contribution in [0, 0.1) is 0 Å². The zero-order valence-corrected chi connectivity index (χ0v) is 11.9. The molecule has 0 saturated heterocycles. The molecule has 0 spiro atoms. The molecule has 0 radical (unpaired) electrons. The Morgan fingerprint density at radius 1 is 1.05 bits per heavy atom. The number of halogens is 4. The molecule has 114 valence electrons. The van der Waals surface area contributed by atoms with Gasteiger partial charge < -0.3 is 5.32 Å². The zero-order valence-electron chi connectivity index (χ0n) is 11.2. The molecule has 0 aliphatic heterocycles. The van der Waals surface area contributed by atoms with Crippen molar-refractivity contribution in [3.8, 4) is 0 Å². The van der Waals surface area contributed by atoms with Gasteiger partial charge in [0.05, 0.1) is 5.56 Å². The topological polar surface area (TPSA) is 29.1 Å². The monoisotopic (exact) mass is 325 g/mol. The SMILES string of the molecule is O=C(C=Cc1ccccc1Cl)Nc1ccc(C(F)(F)F)cc1. The van der Waals surface area contributed by atoms with Gasteiger partial charge in [0.1, 0.15) is 0 Å². The van der Waals surface area contributed by atoms with Crippen LogP contribution in [-0.4, -0.2) is 5.91 Å². The molecule has 0 unspecified atom stereocenters. The number of carbonyl (C=O) groups excluding carboxylic acids is 1. The maximum absolute atomic E-state index is 12.4. The van der Waals surface area contributed by atoms with E-state index in [2.05, 4.69) is 5.32 Å². The van der Waals surface area contributed by atoms with Gasteiger partial charge in [-0.2, -0.15) is 13.2 Å². The first-order valence-corrected chi connectivity index (χ1v) is 6.65. The summed E-state index contributed by atoms with van der Waals surface area (Å²) in [7, 11) is 0. The van der Waals surface area contributed by atoms with Crippen molar-refractivity contribution < 1.29 is 18.0 Å². The molecule has 0 aromatic heterocycles. The van der Waals surface area contributed by atoms with Crippen molar-refractivity contribution in [2.45, 2.75) is 6.18 Å². The van der Waals surface area contributed by atoms with Crippen LogP contribution in [0.4, 0.5) is 18.9 Å². The molecule has 0 saturated carbocycles. The molecule has 1 N–H and O–H groups in total. The minimum atomic E-state index is -4.40. The average Bonchev–Trinajstić information content (AvgIpc) is 2.46.